The van der Waals surface area contributed by atoms with Crippen LogP contribution in [0, 0.1) is 12.8 Å². The number of carbonyl (C=O) groups excluding carboxylic acids is 1. The second-order valence-corrected chi connectivity index (χ2v) is 9.03. The molecule has 10 heteroatoms. The molecule has 0 bridgehead atoms. The molecule has 3 aromatic heterocycles. The van der Waals surface area contributed by atoms with Crippen LogP contribution in [0.25, 0.3) is 5.69 Å². The molecule has 0 unspecified atom stereocenters. The molecule has 34 heavy (non-hydrogen) atoms. The monoisotopic (exact) mass is 455 g/mol. The van der Waals surface area contributed by atoms with Crippen molar-refractivity contribution in [1.82, 2.24) is 35.2 Å². The van der Waals surface area contributed by atoms with Gasteiger partial charge in [-0.2, -0.15) is 0 Å². The van der Waals surface area contributed by atoms with Crippen molar-refractivity contribution in [2.75, 3.05) is 10.6 Å². The number of H-pyrrole nitrogens is 1. The minimum absolute atomic E-state index is 0.0494. The lowest BCUT2D eigenvalue weighted by Crippen LogP contribution is -2.28. The van der Waals surface area contributed by atoms with Crippen molar-refractivity contribution in [2.24, 2.45) is 5.92 Å². The van der Waals surface area contributed by atoms with Gasteiger partial charge in [0.25, 0.3) is 0 Å². The second kappa shape index (κ2) is 8.36. The quantitative estimate of drug-likeness (QED) is 0.422. The number of aryl methyl sites for hydroxylation is 2. The van der Waals surface area contributed by atoms with Crippen molar-refractivity contribution in [2.45, 2.75) is 45.1 Å². The van der Waals surface area contributed by atoms with Gasteiger partial charge in [-0.15, -0.1) is 10.2 Å². The Morgan fingerprint density at radius 3 is 2.65 bits per heavy atom. The molecular weight excluding hydrogens is 430 g/mol. The molecular formula is C24H25N9O. The zero-order valence-electron chi connectivity index (χ0n) is 18.8. The van der Waals surface area contributed by atoms with Gasteiger partial charge in [0.2, 0.25) is 11.9 Å². The number of amides is 1. The molecule has 1 aromatic carbocycles. The van der Waals surface area contributed by atoms with Crippen LogP contribution in [0.3, 0.4) is 0 Å². The summed E-state index contributed by atoms with van der Waals surface area (Å²) < 4.78 is 1.74. The number of carbonyl (C=O) groups is 1. The molecule has 0 aliphatic heterocycles. The van der Waals surface area contributed by atoms with Gasteiger partial charge in [0.1, 0.15) is 5.69 Å². The van der Waals surface area contributed by atoms with Crippen LogP contribution < -0.4 is 10.6 Å². The summed E-state index contributed by atoms with van der Waals surface area (Å²) in [6, 6.07) is 10.7. The van der Waals surface area contributed by atoms with Crippen LogP contribution in [0.2, 0.25) is 0 Å². The minimum atomic E-state index is -0.140. The maximum absolute atomic E-state index is 12.8. The highest BCUT2D eigenvalue weighted by atomic mass is 16.2. The first kappa shape index (κ1) is 20.5. The number of fused-ring (bicyclic) bond motifs is 2. The zero-order chi connectivity index (χ0) is 23.1. The van der Waals surface area contributed by atoms with E-state index in [2.05, 4.69) is 65.4 Å². The van der Waals surface area contributed by atoms with E-state index in [-0.39, 0.29) is 11.8 Å². The Morgan fingerprint density at radius 2 is 1.88 bits per heavy atom. The predicted octanol–water partition coefficient (Wildman–Crippen LogP) is 2.41. The van der Waals surface area contributed by atoms with Gasteiger partial charge >= 0.3 is 0 Å². The highest BCUT2D eigenvalue weighted by Gasteiger charge is 2.27. The Kier molecular flexibility index (Phi) is 5.05. The summed E-state index contributed by atoms with van der Waals surface area (Å²) in [5.41, 5.74) is 6.29. The Balaban J connectivity index is 1.10. The van der Waals surface area contributed by atoms with Crippen LogP contribution in [0.15, 0.2) is 42.7 Å². The molecule has 172 valence electrons. The van der Waals surface area contributed by atoms with Gasteiger partial charge in [0.05, 0.1) is 23.8 Å². The van der Waals surface area contributed by atoms with Gasteiger partial charge in [0.15, 0.2) is 5.82 Å². The van der Waals surface area contributed by atoms with E-state index >= 15 is 0 Å². The molecule has 10 nitrogen and oxygen atoms in total. The van der Waals surface area contributed by atoms with Crippen molar-refractivity contribution in [3.63, 3.8) is 0 Å². The number of aromatic amines is 1. The number of aromatic nitrogens is 7. The van der Waals surface area contributed by atoms with E-state index in [0.29, 0.717) is 24.2 Å². The fraction of sp³-hybridized carbons (Fsp3) is 0.333. The normalized spacial score (nSPS) is 17.3. The molecule has 1 amide bonds. The van der Waals surface area contributed by atoms with E-state index in [1.165, 1.54) is 11.1 Å². The van der Waals surface area contributed by atoms with Crippen LogP contribution in [-0.2, 0) is 30.5 Å². The van der Waals surface area contributed by atoms with Crippen molar-refractivity contribution >= 4 is 17.7 Å². The third-order valence-electron chi connectivity index (χ3n) is 6.66. The van der Waals surface area contributed by atoms with E-state index in [1.807, 2.05) is 13.0 Å². The number of hydrogen-bond acceptors (Lipinski definition) is 7. The Bertz CT molecular complexity index is 1320. The molecule has 2 aliphatic rings. The number of rotatable bonds is 5. The van der Waals surface area contributed by atoms with Crippen LogP contribution in [0.5, 0.6) is 0 Å². The Labute approximate surface area is 196 Å². The van der Waals surface area contributed by atoms with Crippen LogP contribution in [-0.4, -0.2) is 47.1 Å². The molecule has 0 saturated carbocycles. The maximum atomic E-state index is 12.8. The Morgan fingerprint density at radius 1 is 1.12 bits per heavy atom. The lowest BCUT2D eigenvalue weighted by atomic mass is 9.89. The van der Waals surface area contributed by atoms with E-state index in [0.717, 1.165) is 48.5 Å². The molecule has 1 atom stereocenters. The highest BCUT2D eigenvalue weighted by molar-refractivity contribution is 5.92. The molecule has 0 fully saturated rings. The average Bonchev–Trinajstić information content (AvgIpc) is 3.56. The molecule has 3 N–H and O–H groups in total. The summed E-state index contributed by atoms with van der Waals surface area (Å²) in [4.78, 5) is 21.8. The third kappa shape index (κ3) is 3.91. The molecule has 3 heterocycles. The summed E-state index contributed by atoms with van der Waals surface area (Å²) in [5.74, 6) is 0.925. The Hall–Kier alpha value is -4.08. The first-order valence-electron chi connectivity index (χ1n) is 11.5. The molecule has 0 radical (unpaired) electrons. The van der Waals surface area contributed by atoms with Gasteiger partial charge in [-0.3, -0.25) is 9.89 Å². The van der Waals surface area contributed by atoms with E-state index in [9.17, 15) is 4.79 Å². The standard InChI is InChI=1S/C24H25N9O/c1-14-8-22(28-23(34)17-6-7-20-21(11-17)30-32-29-20)31-33(14)19-12-25-24(26-13-19)27-18-9-15-4-2-3-5-16(15)10-18/h2-5,8,12-13,17-18H,6-7,9-11H2,1H3,(H,25,26,27)(H,28,31,34)(H,29,30,32)/t17-/m0/s1. The lowest BCUT2D eigenvalue weighted by molar-refractivity contribution is -0.120. The average molecular weight is 456 g/mol. The lowest BCUT2D eigenvalue weighted by Gasteiger charge is -2.19. The number of benzene rings is 1. The SMILES string of the molecule is Cc1cc(NC(=O)[C@H]2CCc3[nH]nnc3C2)nn1-c1cnc(NC2Cc3ccccc3C2)nc1. The molecule has 6 rings (SSSR count). The second-order valence-electron chi connectivity index (χ2n) is 9.03. The molecule has 2 aliphatic carbocycles. The van der Waals surface area contributed by atoms with Gasteiger partial charge < -0.3 is 10.6 Å². The molecule has 0 spiro atoms. The van der Waals surface area contributed by atoms with Crippen LogP contribution in [0.4, 0.5) is 11.8 Å². The van der Waals surface area contributed by atoms with Gasteiger partial charge in [-0.25, -0.2) is 14.6 Å². The maximum Gasteiger partial charge on any atom is 0.229 e. The molecule has 4 aromatic rings. The van der Waals surface area contributed by atoms with Crippen molar-refractivity contribution in [3.05, 3.63) is 70.9 Å². The van der Waals surface area contributed by atoms with Gasteiger partial charge in [0, 0.05) is 30.1 Å². The van der Waals surface area contributed by atoms with Crippen molar-refractivity contribution in [3.8, 4) is 5.69 Å². The zero-order valence-corrected chi connectivity index (χ0v) is 18.8. The first-order valence-corrected chi connectivity index (χ1v) is 11.5. The van der Waals surface area contributed by atoms with Crippen LogP contribution in [0.1, 0.15) is 34.6 Å². The number of hydrogen-bond donors (Lipinski definition) is 3. The summed E-state index contributed by atoms with van der Waals surface area (Å²) in [7, 11) is 0. The summed E-state index contributed by atoms with van der Waals surface area (Å²) in [6.45, 7) is 1.94. The fourth-order valence-corrected chi connectivity index (χ4v) is 4.89. The third-order valence-corrected chi connectivity index (χ3v) is 6.66. The fourth-order valence-electron chi connectivity index (χ4n) is 4.89. The predicted molar refractivity (Wildman–Crippen MR) is 126 cm³/mol. The van der Waals surface area contributed by atoms with Gasteiger partial charge in [-0.1, -0.05) is 29.5 Å². The minimum Gasteiger partial charge on any atom is -0.351 e. The number of nitrogens with zero attached hydrogens (tertiary/aromatic N) is 6. The molecule has 0 saturated heterocycles. The highest BCUT2D eigenvalue weighted by Crippen LogP contribution is 2.25. The van der Waals surface area contributed by atoms with Crippen LogP contribution >= 0.6 is 0 Å². The number of nitrogens with one attached hydrogen (secondary N) is 3. The van der Waals surface area contributed by atoms with Crippen molar-refractivity contribution < 1.29 is 4.79 Å². The van der Waals surface area contributed by atoms with E-state index in [1.54, 1.807) is 17.1 Å². The largest absolute Gasteiger partial charge is 0.351 e. The topological polar surface area (TPSA) is 126 Å². The van der Waals surface area contributed by atoms with Crippen molar-refractivity contribution in [1.29, 1.82) is 0 Å². The van der Waals surface area contributed by atoms with Gasteiger partial charge in [-0.05, 0) is 43.7 Å². The summed E-state index contributed by atoms with van der Waals surface area (Å²) >= 11 is 0. The smallest absolute Gasteiger partial charge is 0.229 e. The van der Waals surface area contributed by atoms with E-state index in [4.69, 9.17) is 0 Å². The first-order chi connectivity index (χ1) is 16.6. The van der Waals surface area contributed by atoms with E-state index < -0.39 is 0 Å². The summed E-state index contributed by atoms with van der Waals surface area (Å²) in [6.07, 6.45) is 7.57. The summed E-state index contributed by atoms with van der Waals surface area (Å²) in [5, 5.41) is 21.8. The number of anilines is 2.